The van der Waals surface area contributed by atoms with Crippen molar-refractivity contribution < 1.29 is 0 Å². The van der Waals surface area contributed by atoms with E-state index in [1.807, 2.05) is 11.8 Å². The van der Waals surface area contributed by atoms with Crippen LogP contribution in [0.15, 0.2) is 0 Å². The van der Waals surface area contributed by atoms with Crippen molar-refractivity contribution in [2.45, 2.75) is 6.04 Å². The van der Waals surface area contributed by atoms with Crippen LogP contribution in [-0.4, -0.2) is 39.4 Å². The Hall–Kier alpha value is 0.600. The first-order chi connectivity index (χ1) is 6.27. The molecule has 6 heteroatoms. The van der Waals surface area contributed by atoms with Crippen molar-refractivity contribution in [3.8, 4) is 0 Å². The number of aromatic nitrogens is 2. The van der Waals surface area contributed by atoms with E-state index in [9.17, 15) is 0 Å². The van der Waals surface area contributed by atoms with Crippen molar-refractivity contribution in [1.29, 1.82) is 0 Å². The van der Waals surface area contributed by atoms with Crippen LogP contribution in [0.5, 0.6) is 0 Å². The lowest BCUT2D eigenvalue weighted by atomic mass is 10.3. The fourth-order valence-electron chi connectivity index (χ4n) is 1.31. The van der Waals surface area contributed by atoms with E-state index < -0.39 is 0 Å². The molecule has 1 fully saturated rings. The minimum atomic E-state index is 0.429. The van der Waals surface area contributed by atoms with E-state index in [4.69, 9.17) is 0 Å². The topological polar surface area (TPSA) is 29.0 Å². The smallest absolute Gasteiger partial charge is 0.174 e. The molecule has 0 aromatic carbocycles. The van der Waals surface area contributed by atoms with E-state index in [2.05, 4.69) is 43.9 Å². The number of nitrogens with zero attached hydrogens (tertiary/aromatic N) is 3. The summed E-state index contributed by atoms with van der Waals surface area (Å²) in [5.41, 5.74) is 0. The third kappa shape index (κ3) is 2.34. The molecule has 72 valence electrons. The highest BCUT2D eigenvalue weighted by Crippen LogP contribution is 2.27. The highest BCUT2D eigenvalue weighted by Gasteiger charge is 2.24. The SMILES string of the molecule is CN1CCSCC1c1nsc(I)n1. The van der Waals surface area contributed by atoms with Crippen molar-refractivity contribution in [1.82, 2.24) is 14.3 Å². The summed E-state index contributed by atoms with van der Waals surface area (Å²) in [6, 6.07) is 0.429. The first-order valence-corrected chi connectivity index (χ1v) is 7.05. The molecule has 0 amide bonds. The first-order valence-electron chi connectivity index (χ1n) is 4.04. The van der Waals surface area contributed by atoms with Gasteiger partial charge in [-0.1, -0.05) is 0 Å². The van der Waals surface area contributed by atoms with Crippen molar-refractivity contribution in [3.63, 3.8) is 0 Å². The van der Waals surface area contributed by atoms with Gasteiger partial charge in [-0.3, -0.25) is 4.90 Å². The summed E-state index contributed by atoms with van der Waals surface area (Å²) in [7, 11) is 2.15. The Morgan fingerprint density at radius 2 is 2.46 bits per heavy atom. The molecule has 2 heterocycles. The lowest BCUT2D eigenvalue weighted by molar-refractivity contribution is 0.266. The lowest BCUT2D eigenvalue weighted by Gasteiger charge is -2.29. The molecule has 0 radical (unpaired) electrons. The maximum atomic E-state index is 4.42. The second-order valence-electron chi connectivity index (χ2n) is 2.98. The monoisotopic (exact) mass is 327 g/mol. The van der Waals surface area contributed by atoms with Gasteiger partial charge in [0, 0.05) is 18.1 Å². The van der Waals surface area contributed by atoms with E-state index in [1.165, 1.54) is 17.3 Å². The van der Waals surface area contributed by atoms with Gasteiger partial charge in [0.15, 0.2) is 8.84 Å². The molecule has 3 nitrogen and oxygen atoms in total. The number of hydrogen-bond acceptors (Lipinski definition) is 5. The van der Waals surface area contributed by atoms with E-state index in [-0.39, 0.29) is 0 Å². The molecule has 2 rings (SSSR count). The van der Waals surface area contributed by atoms with Crippen LogP contribution in [0, 0.1) is 3.01 Å². The summed E-state index contributed by atoms with van der Waals surface area (Å²) in [6.07, 6.45) is 0. The number of rotatable bonds is 1. The van der Waals surface area contributed by atoms with Gasteiger partial charge in [-0.25, -0.2) is 4.98 Å². The van der Waals surface area contributed by atoms with Gasteiger partial charge < -0.3 is 0 Å². The molecular weight excluding hydrogens is 317 g/mol. The minimum Gasteiger partial charge on any atom is -0.295 e. The minimum absolute atomic E-state index is 0.429. The maximum absolute atomic E-state index is 4.42. The summed E-state index contributed by atoms with van der Waals surface area (Å²) in [4.78, 5) is 6.77. The molecule has 1 saturated heterocycles. The maximum Gasteiger partial charge on any atom is 0.174 e. The fourth-order valence-corrected chi connectivity index (χ4v) is 3.53. The highest BCUT2D eigenvalue weighted by atomic mass is 127. The van der Waals surface area contributed by atoms with Crippen molar-refractivity contribution in [3.05, 3.63) is 8.84 Å². The molecule has 0 aliphatic carbocycles. The third-order valence-electron chi connectivity index (χ3n) is 2.11. The van der Waals surface area contributed by atoms with Gasteiger partial charge in [-0.2, -0.15) is 16.1 Å². The Balaban J connectivity index is 2.14. The average Bonchev–Trinajstić information content (AvgIpc) is 2.53. The normalized spacial score (nSPS) is 24.9. The predicted octanol–water partition coefficient (Wildman–Crippen LogP) is 1.86. The zero-order chi connectivity index (χ0) is 9.26. The van der Waals surface area contributed by atoms with E-state index >= 15 is 0 Å². The molecule has 13 heavy (non-hydrogen) atoms. The Morgan fingerprint density at radius 3 is 3.08 bits per heavy atom. The summed E-state index contributed by atoms with van der Waals surface area (Å²) < 4.78 is 5.40. The van der Waals surface area contributed by atoms with Crippen LogP contribution >= 0.6 is 45.9 Å². The molecule has 1 atom stereocenters. The number of hydrogen-bond donors (Lipinski definition) is 0. The summed E-state index contributed by atoms with van der Waals surface area (Å²) in [5, 5.41) is 0. The zero-order valence-corrected chi connectivity index (χ0v) is 11.0. The molecule has 1 aromatic rings. The molecular formula is C7H10IN3S2. The molecule has 0 saturated carbocycles. The van der Waals surface area contributed by atoms with Gasteiger partial charge >= 0.3 is 0 Å². The largest absolute Gasteiger partial charge is 0.295 e. The summed E-state index contributed by atoms with van der Waals surface area (Å²) in [5.74, 6) is 3.36. The summed E-state index contributed by atoms with van der Waals surface area (Å²) >= 11 is 5.70. The number of halogens is 1. The van der Waals surface area contributed by atoms with Crippen LogP contribution in [0.1, 0.15) is 11.9 Å². The Labute approximate surface area is 99.6 Å². The molecule has 0 bridgehead atoms. The average molecular weight is 327 g/mol. The van der Waals surface area contributed by atoms with Gasteiger partial charge in [0.1, 0.15) is 0 Å². The van der Waals surface area contributed by atoms with Crippen LogP contribution in [0.4, 0.5) is 0 Å². The van der Waals surface area contributed by atoms with Gasteiger partial charge in [0.2, 0.25) is 0 Å². The van der Waals surface area contributed by atoms with E-state index in [0.717, 1.165) is 21.1 Å². The molecule has 0 N–H and O–H groups in total. The van der Waals surface area contributed by atoms with Crippen LogP contribution in [-0.2, 0) is 0 Å². The second-order valence-corrected chi connectivity index (χ2v) is 6.63. The fraction of sp³-hybridized carbons (Fsp3) is 0.714. The van der Waals surface area contributed by atoms with Crippen molar-refractivity contribution >= 4 is 45.9 Å². The van der Waals surface area contributed by atoms with Crippen LogP contribution in [0.25, 0.3) is 0 Å². The number of thioether (sulfide) groups is 1. The Bertz CT molecular complexity index is 291. The Kier molecular flexibility index (Phi) is 3.44. The summed E-state index contributed by atoms with van der Waals surface area (Å²) in [6.45, 7) is 1.14. The quantitative estimate of drug-likeness (QED) is 0.737. The first kappa shape index (κ1) is 10.1. The standard InChI is InChI=1S/C7H10IN3S2/c1-11-2-3-12-4-5(11)6-9-7(8)13-10-6/h5H,2-4H2,1H3. The van der Waals surface area contributed by atoms with Crippen LogP contribution < -0.4 is 0 Å². The molecule has 0 spiro atoms. The van der Waals surface area contributed by atoms with Crippen LogP contribution in [0.2, 0.25) is 0 Å². The predicted molar refractivity (Wildman–Crippen MR) is 65.3 cm³/mol. The van der Waals surface area contributed by atoms with Gasteiger partial charge in [-0.05, 0) is 41.2 Å². The van der Waals surface area contributed by atoms with Gasteiger partial charge in [0.25, 0.3) is 0 Å². The molecule has 1 aliphatic rings. The third-order valence-corrected chi connectivity index (χ3v) is 4.49. The molecule has 1 aliphatic heterocycles. The second kappa shape index (κ2) is 4.41. The van der Waals surface area contributed by atoms with Gasteiger partial charge in [0.05, 0.1) is 6.04 Å². The van der Waals surface area contributed by atoms with Crippen molar-refractivity contribution in [2.24, 2.45) is 0 Å². The van der Waals surface area contributed by atoms with E-state index in [1.54, 1.807) is 0 Å². The molecule has 1 unspecified atom stereocenters. The Morgan fingerprint density at radius 1 is 1.62 bits per heavy atom. The molecule has 1 aromatic heterocycles. The van der Waals surface area contributed by atoms with Crippen molar-refractivity contribution in [2.75, 3.05) is 25.1 Å². The lowest BCUT2D eigenvalue weighted by Crippen LogP contribution is -2.33. The van der Waals surface area contributed by atoms with Crippen LogP contribution in [0.3, 0.4) is 0 Å². The zero-order valence-electron chi connectivity index (χ0n) is 7.23. The van der Waals surface area contributed by atoms with Gasteiger partial charge in [-0.15, -0.1) is 0 Å². The van der Waals surface area contributed by atoms with E-state index in [0.29, 0.717) is 6.04 Å². The highest BCUT2D eigenvalue weighted by molar-refractivity contribution is 14.1.